The van der Waals surface area contributed by atoms with E-state index in [1.54, 1.807) is 0 Å². The maximum absolute atomic E-state index is 12.8. The van der Waals surface area contributed by atoms with Crippen molar-refractivity contribution in [2.45, 2.75) is 232 Å². The fraction of sp³-hybridized carbons (Fsp3) is 0.585. The van der Waals surface area contributed by atoms with E-state index in [2.05, 4.69) is 167 Å². The van der Waals surface area contributed by atoms with Crippen molar-refractivity contribution in [1.29, 1.82) is 0 Å². The third-order valence-corrected chi connectivity index (χ3v) is 11.3. The van der Waals surface area contributed by atoms with Crippen LogP contribution in [0.15, 0.2) is 146 Å². The Hall–Kier alpha value is -4.71. The number of carbonyl (C=O) groups is 3. The van der Waals surface area contributed by atoms with Crippen LogP contribution < -0.4 is 0 Å². The molecule has 0 saturated carbocycles. The number of rotatable bonds is 49. The summed E-state index contributed by atoms with van der Waals surface area (Å²) in [5.41, 5.74) is 0. The van der Waals surface area contributed by atoms with E-state index >= 15 is 0 Å². The van der Waals surface area contributed by atoms with Crippen LogP contribution >= 0.6 is 0 Å². The Balaban J connectivity index is 4.46. The zero-order chi connectivity index (χ0) is 51.4. The topological polar surface area (TPSA) is 78.9 Å². The van der Waals surface area contributed by atoms with Gasteiger partial charge in [0.1, 0.15) is 13.2 Å². The molecule has 0 aromatic carbocycles. The predicted molar refractivity (Wildman–Crippen MR) is 306 cm³/mol. The first-order valence-corrected chi connectivity index (χ1v) is 28.3. The van der Waals surface area contributed by atoms with Crippen molar-refractivity contribution >= 4 is 17.9 Å². The van der Waals surface area contributed by atoms with Crippen molar-refractivity contribution in [3.63, 3.8) is 0 Å². The summed E-state index contributed by atoms with van der Waals surface area (Å²) in [6.45, 7) is 6.32. The second-order valence-electron chi connectivity index (χ2n) is 18.1. The lowest BCUT2D eigenvalue weighted by molar-refractivity contribution is -0.167. The third-order valence-electron chi connectivity index (χ3n) is 11.3. The number of hydrogen-bond donors (Lipinski definition) is 0. The SMILES string of the molecule is CC/C=C\C/C=C\C/C=C\C/C=C\C/C=C\C/C=C\CCCCCCC(=O)OCC(COC(=O)CCCCCCCCCCC)OC(=O)CCCC/C=C\C/C=C\C/C=C\C/C=C\C/C=C\C/C=C\CC. The Labute approximate surface area is 436 Å². The van der Waals surface area contributed by atoms with Gasteiger partial charge in [-0.25, -0.2) is 0 Å². The van der Waals surface area contributed by atoms with Gasteiger partial charge in [0.25, 0.3) is 0 Å². The first-order chi connectivity index (χ1) is 35.0. The van der Waals surface area contributed by atoms with Crippen LogP contribution in [0.4, 0.5) is 0 Å². The number of ether oxygens (including phenoxy) is 3. The van der Waals surface area contributed by atoms with Crippen LogP contribution in [-0.4, -0.2) is 37.2 Å². The Kier molecular flexibility index (Phi) is 54.0. The minimum atomic E-state index is -0.816. The van der Waals surface area contributed by atoms with Gasteiger partial charge in [-0.15, -0.1) is 0 Å². The van der Waals surface area contributed by atoms with Crippen molar-refractivity contribution in [2.24, 2.45) is 0 Å². The molecule has 0 aromatic heterocycles. The number of allylic oxidation sites excluding steroid dienone is 24. The van der Waals surface area contributed by atoms with Gasteiger partial charge in [0, 0.05) is 19.3 Å². The Bertz CT molecular complexity index is 1590. The van der Waals surface area contributed by atoms with E-state index in [9.17, 15) is 14.4 Å². The van der Waals surface area contributed by atoms with E-state index < -0.39 is 6.10 Å². The maximum atomic E-state index is 12.8. The summed E-state index contributed by atoms with van der Waals surface area (Å²) < 4.78 is 16.8. The minimum absolute atomic E-state index is 0.109. The summed E-state index contributed by atoms with van der Waals surface area (Å²) in [5.74, 6) is -0.989. The monoisotopic (exact) mass is 979 g/mol. The fourth-order valence-corrected chi connectivity index (χ4v) is 7.15. The molecular weight excluding hydrogens is 877 g/mol. The summed E-state index contributed by atoms with van der Waals surface area (Å²) in [6.07, 6.45) is 82.7. The molecule has 0 spiro atoms. The Morgan fingerprint density at radius 3 is 0.887 bits per heavy atom. The van der Waals surface area contributed by atoms with E-state index in [0.717, 1.165) is 141 Å². The molecule has 0 rings (SSSR count). The Morgan fingerprint density at radius 2 is 0.549 bits per heavy atom. The molecule has 0 N–H and O–H groups in total. The molecule has 0 aromatic rings. The number of hydrogen-bond acceptors (Lipinski definition) is 6. The summed E-state index contributed by atoms with van der Waals surface area (Å²) in [4.78, 5) is 38.0. The van der Waals surface area contributed by atoms with E-state index in [4.69, 9.17) is 14.2 Å². The fourth-order valence-electron chi connectivity index (χ4n) is 7.15. The van der Waals surface area contributed by atoms with E-state index in [0.29, 0.717) is 19.3 Å². The molecule has 6 nitrogen and oxygen atoms in total. The molecule has 0 amide bonds. The second kappa shape index (κ2) is 57.9. The highest BCUT2D eigenvalue weighted by atomic mass is 16.6. The lowest BCUT2D eigenvalue weighted by Crippen LogP contribution is -2.30. The van der Waals surface area contributed by atoms with E-state index in [1.165, 1.54) is 38.5 Å². The molecular formula is C65H102O6. The molecule has 0 aliphatic rings. The highest BCUT2D eigenvalue weighted by Crippen LogP contribution is 2.13. The average Bonchev–Trinajstić information content (AvgIpc) is 3.37. The molecule has 0 heterocycles. The van der Waals surface area contributed by atoms with E-state index in [-0.39, 0.29) is 37.5 Å². The smallest absolute Gasteiger partial charge is 0.306 e. The van der Waals surface area contributed by atoms with Gasteiger partial charge in [-0.2, -0.15) is 0 Å². The number of carbonyl (C=O) groups excluding carboxylic acids is 3. The van der Waals surface area contributed by atoms with Gasteiger partial charge in [0.15, 0.2) is 6.10 Å². The lowest BCUT2D eigenvalue weighted by Gasteiger charge is -2.18. The molecule has 6 heteroatoms. The van der Waals surface area contributed by atoms with Crippen molar-refractivity contribution in [3.8, 4) is 0 Å². The highest BCUT2D eigenvalue weighted by Gasteiger charge is 2.19. The van der Waals surface area contributed by atoms with Gasteiger partial charge in [0.05, 0.1) is 0 Å². The van der Waals surface area contributed by atoms with Crippen LogP contribution in [-0.2, 0) is 28.6 Å². The van der Waals surface area contributed by atoms with Crippen molar-refractivity contribution in [2.75, 3.05) is 13.2 Å². The van der Waals surface area contributed by atoms with Crippen molar-refractivity contribution < 1.29 is 28.6 Å². The summed E-state index contributed by atoms with van der Waals surface area (Å²) in [5, 5.41) is 0. The van der Waals surface area contributed by atoms with Crippen molar-refractivity contribution in [3.05, 3.63) is 146 Å². The normalized spacial score (nSPS) is 13.2. The van der Waals surface area contributed by atoms with Gasteiger partial charge in [-0.05, 0) is 122 Å². The van der Waals surface area contributed by atoms with Gasteiger partial charge in [-0.3, -0.25) is 14.4 Å². The lowest BCUT2D eigenvalue weighted by atomic mass is 10.1. The zero-order valence-electron chi connectivity index (χ0n) is 45.4. The van der Waals surface area contributed by atoms with E-state index in [1.807, 2.05) is 0 Å². The summed E-state index contributed by atoms with van der Waals surface area (Å²) >= 11 is 0. The van der Waals surface area contributed by atoms with Gasteiger partial charge >= 0.3 is 17.9 Å². The van der Waals surface area contributed by atoms with Crippen LogP contribution in [0.25, 0.3) is 0 Å². The molecule has 0 saturated heterocycles. The molecule has 0 aliphatic carbocycles. The minimum Gasteiger partial charge on any atom is -0.462 e. The maximum Gasteiger partial charge on any atom is 0.306 e. The first kappa shape index (κ1) is 66.3. The molecule has 0 aliphatic heterocycles. The van der Waals surface area contributed by atoms with Gasteiger partial charge < -0.3 is 14.2 Å². The van der Waals surface area contributed by atoms with Crippen LogP contribution in [0.3, 0.4) is 0 Å². The molecule has 398 valence electrons. The quantitative estimate of drug-likeness (QED) is 0.0262. The average molecular weight is 980 g/mol. The zero-order valence-corrected chi connectivity index (χ0v) is 45.4. The number of unbranched alkanes of at least 4 members (excludes halogenated alkanes) is 14. The number of esters is 3. The van der Waals surface area contributed by atoms with Crippen LogP contribution in [0.2, 0.25) is 0 Å². The van der Waals surface area contributed by atoms with Crippen molar-refractivity contribution in [1.82, 2.24) is 0 Å². The first-order valence-electron chi connectivity index (χ1n) is 28.3. The molecule has 1 atom stereocenters. The van der Waals surface area contributed by atoms with Gasteiger partial charge in [0.2, 0.25) is 0 Å². The molecule has 0 bridgehead atoms. The molecule has 1 unspecified atom stereocenters. The van der Waals surface area contributed by atoms with Crippen LogP contribution in [0, 0.1) is 0 Å². The third kappa shape index (κ3) is 56.1. The molecule has 71 heavy (non-hydrogen) atoms. The predicted octanol–water partition coefficient (Wildman–Crippen LogP) is 19.2. The van der Waals surface area contributed by atoms with Gasteiger partial charge in [-0.1, -0.05) is 231 Å². The Morgan fingerprint density at radius 1 is 0.296 bits per heavy atom. The van der Waals surface area contributed by atoms with Crippen LogP contribution in [0.1, 0.15) is 226 Å². The standard InChI is InChI=1S/C65H102O6/c1-4-7-10-13-16-19-21-23-25-27-29-31-32-34-35-37-39-41-43-46-49-52-55-58-64(67)70-61-62(60-69-63(66)57-54-51-48-45-18-15-12-9-6-3)71-65(68)59-56-53-50-47-44-42-40-38-36-33-30-28-26-24-22-20-17-14-11-8-5-2/h7-8,10-11,16-17,19-20,23-26,29-31,33-35,38-41,44,47,62H,4-6,9,12-15,18,21-22,27-28,32,36-37,42-43,45-46,48-61H2,1-3H3/b10-7-,11-8-,19-16-,20-17-,25-23-,26-24-,31-29-,33-30-,35-34-,40-38-,41-39-,47-44-. The molecule has 0 fully saturated rings. The second-order valence-corrected chi connectivity index (χ2v) is 18.1. The largest absolute Gasteiger partial charge is 0.462 e. The highest BCUT2D eigenvalue weighted by molar-refractivity contribution is 5.71. The summed E-state index contributed by atoms with van der Waals surface area (Å²) in [6, 6.07) is 0. The summed E-state index contributed by atoms with van der Waals surface area (Å²) in [7, 11) is 0. The molecule has 0 radical (unpaired) electrons. The van der Waals surface area contributed by atoms with Crippen LogP contribution in [0.5, 0.6) is 0 Å².